The van der Waals surface area contributed by atoms with Crippen LogP contribution < -0.4 is 5.32 Å². The minimum Gasteiger partial charge on any atom is -0.394 e. The van der Waals surface area contributed by atoms with Crippen molar-refractivity contribution in [3.8, 4) is 0 Å². The molecule has 3 atom stereocenters. The number of rotatable bonds is 40. The van der Waals surface area contributed by atoms with E-state index in [0.717, 1.165) is 25.7 Å². The lowest BCUT2D eigenvalue weighted by molar-refractivity contribution is -0.124. The zero-order valence-electron chi connectivity index (χ0n) is 33.5. The van der Waals surface area contributed by atoms with Gasteiger partial charge in [-0.15, -0.1) is 0 Å². The van der Waals surface area contributed by atoms with E-state index < -0.39 is 18.2 Å². The first-order valence-corrected chi connectivity index (χ1v) is 22.1. The second-order valence-corrected chi connectivity index (χ2v) is 15.3. The Balaban J connectivity index is 3.54. The van der Waals surface area contributed by atoms with Gasteiger partial charge in [0.15, 0.2) is 0 Å². The maximum atomic E-state index is 12.4. The van der Waals surface area contributed by atoms with E-state index in [0.29, 0.717) is 6.42 Å². The molecular weight excluding hydrogens is 618 g/mol. The Labute approximate surface area is 312 Å². The lowest BCUT2D eigenvalue weighted by Gasteiger charge is -2.21. The van der Waals surface area contributed by atoms with Crippen molar-refractivity contribution in [3.05, 3.63) is 24.3 Å². The van der Waals surface area contributed by atoms with Gasteiger partial charge < -0.3 is 20.6 Å². The van der Waals surface area contributed by atoms with E-state index in [4.69, 9.17) is 0 Å². The fourth-order valence-corrected chi connectivity index (χ4v) is 6.81. The largest absolute Gasteiger partial charge is 0.394 e. The first-order valence-electron chi connectivity index (χ1n) is 22.1. The summed E-state index contributed by atoms with van der Waals surface area (Å²) in [7, 11) is 0. The number of hydrogen-bond donors (Lipinski definition) is 4. The summed E-state index contributed by atoms with van der Waals surface area (Å²) in [6.07, 6.45) is 49.1. The molecule has 0 aliphatic carbocycles. The number of carbonyl (C=O) groups is 1. The van der Waals surface area contributed by atoms with Crippen LogP contribution in [0.25, 0.3) is 0 Å². The summed E-state index contributed by atoms with van der Waals surface area (Å²) in [4.78, 5) is 12.4. The Morgan fingerprint density at radius 3 is 1.22 bits per heavy atom. The summed E-state index contributed by atoms with van der Waals surface area (Å²) in [5, 5.41) is 33.0. The molecule has 0 aromatic heterocycles. The van der Waals surface area contributed by atoms with Crippen molar-refractivity contribution < 1.29 is 20.1 Å². The van der Waals surface area contributed by atoms with Gasteiger partial charge in [-0.1, -0.05) is 205 Å². The minimum atomic E-state index is -0.925. The Kier molecular flexibility index (Phi) is 39.6. The number of aliphatic hydroxyl groups is 3. The number of aliphatic hydroxyl groups excluding tert-OH is 3. The molecule has 0 aromatic rings. The van der Waals surface area contributed by atoms with Gasteiger partial charge in [0, 0.05) is 0 Å². The first-order chi connectivity index (χ1) is 24.5. The summed E-state index contributed by atoms with van der Waals surface area (Å²) in [6.45, 7) is 4.19. The molecule has 5 nitrogen and oxygen atoms in total. The van der Waals surface area contributed by atoms with E-state index in [9.17, 15) is 20.1 Å². The van der Waals surface area contributed by atoms with Crippen LogP contribution in [0.15, 0.2) is 24.3 Å². The SMILES string of the molecule is CCCCCCCCC/C=C/C(O)C(CO)NC(=O)CC(O)CCCCCCCCCCCC/C=C\CCCCCCCCCCCCCC. The van der Waals surface area contributed by atoms with Crippen LogP contribution in [0, 0.1) is 0 Å². The Bertz CT molecular complexity index is 739. The highest BCUT2D eigenvalue weighted by Crippen LogP contribution is 2.15. The number of unbranched alkanes of at least 4 members (excludes halogenated alkanes) is 29. The van der Waals surface area contributed by atoms with Crippen LogP contribution in [0.1, 0.15) is 232 Å². The van der Waals surface area contributed by atoms with E-state index in [1.807, 2.05) is 6.08 Å². The predicted molar refractivity (Wildman–Crippen MR) is 218 cm³/mol. The second-order valence-electron chi connectivity index (χ2n) is 15.3. The quantitative estimate of drug-likeness (QED) is 0.0377. The fourth-order valence-electron chi connectivity index (χ4n) is 6.81. The van der Waals surface area contributed by atoms with Crippen LogP contribution in [-0.2, 0) is 4.79 Å². The normalized spacial score (nSPS) is 13.8. The lowest BCUT2D eigenvalue weighted by atomic mass is 10.0. The maximum absolute atomic E-state index is 12.4. The van der Waals surface area contributed by atoms with Crippen molar-refractivity contribution >= 4 is 5.91 Å². The fraction of sp³-hybridized carbons (Fsp3) is 0.889. The molecule has 4 N–H and O–H groups in total. The van der Waals surface area contributed by atoms with Crippen LogP contribution >= 0.6 is 0 Å². The molecule has 0 heterocycles. The van der Waals surface area contributed by atoms with Crippen molar-refractivity contribution in [3.63, 3.8) is 0 Å². The van der Waals surface area contributed by atoms with Crippen molar-refractivity contribution in [2.75, 3.05) is 6.61 Å². The van der Waals surface area contributed by atoms with Gasteiger partial charge in [-0.2, -0.15) is 0 Å². The molecule has 0 aliphatic rings. The van der Waals surface area contributed by atoms with Crippen molar-refractivity contribution in [1.82, 2.24) is 5.32 Å². The summed E-state index contributed by atoms with van der Waals surface area (Å²) < 4.78 is 0. The lowest BCUT2D eigenvalue weighted by Crippen LogP contribution is -2.45. The smallest absolute Gasteiger partial charge is 0.222 e. The second kappa shape index (κ2) is 40.6. The van der Waals surface area contributed by atoms with Crippen LogP contribution in [0.2, 0.25) is 0 Å². The molecule has 0 bridgehead atoms. The highest BCUT2D eigenvalue weighted by molar-refractivity contribution is 5.76. The van der Waals surface area contributed by atoms with E-state index in [1.54, 1.807) is 6.08 Å². The zero-order chi connectivity index (χ0) is 36.6. The third kappa shape index (κ3) is 36.6. The van der Waals surface area contributed by atoms with Gasteiger partial charge in [0.25, 0.3) is 0 Å². The molecule has 0 radical (unpaired) electrons. The number of carbonyl (C=O) groups excluding carboxylic acids is 1. The van der Waals surface area contributed by atoms with Crippen LogP contribution in [0.5, 0.6) is 0 Å². The van der Waals surface area contributed by atoms with E-state index in [-0.39, 0.29) is 18.9 Å². The summed E-state index contributed by atoms with van der Waals surface area (Å²) in [5.41, 5.74) is 0. The van der Waals surface area contributed by atoms with Gasteiger partial charge in [-0.05, 0) is 44.9 Å². The molecule has 0 aromatic carbocycles. The zero-order valence-corrected chi connectivity index (χ0v) is 33.5. The molecule has 0 saturated heterocycles. The molecule has 5 heteroatoms. The summed E-state index contributed by atoms with van der Waals surface area (Å²) >= 11 is 0. The van der Waals surface area contributed by atoms with Gasteiger partial charge in [0.05, 0.1) is 31.3 Å². The van der Waals surface area contributed by atoms with Gasteiger partial charge in [-0.3, -0.25) is 4.79 Å². The maximum Gasteiger partial charge on any atom is 0.222 e. The van der Waals surface area contributed by atoms with E-state index in [1.165, 1.54) is 180 Å². The highest BCUT2D eigenvalue weighted by atomic mass is 16.3. The first kappa shape index (κ1) is 48.8. The molecular formula is C45H87NO4. The standard InChI is InChI=1S/C45H87NO4/c1-3-5-7-9-11-13-14-15-16-17-18-19-20-21-22-23-24-25-26-27-28-29-31-32-34-36-38-42(48)40-45(50)46-43(41-47)44(49)39-37-35-33-30-12-10-8-6-4-2/h21-22,37,39,42-44,47-49H,3-20,23-36,38,40-41H2,1-2H3,(H,46,50)/b22-21-,39-37+. The summed E-state index contributed by atoms with van der Waals surface area (Å²) in [6, 6.07) is -0.740. The number of allylic oxidation sites excluding steroid dienone is 3. The monoisotopic (exact) mass is 706 g/mol. The minimum absolute atomic E-state index is 0.0141. The molecule has 0 rings (SSSR count). The van der Waals surface area contributed by atoms with E-state index in [2.05, 4.69) is 31.3 Å². The van der Waals surface area contributed by atoms with Crippen LogP contribution in [0.4, 0.5) is 0 Å². The van der Waals surface area contributed by atoms with Crippen LogP contribution in [0.3, 0.4) is 0 Å². The number of hydrogen-bond acceptors (Lipinski definition) is 4. The highest BCUT2D eigenvalue weighted by Gasteiger charge is 2.20. The van der Waals surface area contributed by atoms with Gasteiger partial charge in [0.1, 0.15) is 0 Å². The molecule has 50 heavy (non-hydrogen) atoms. The third-order valence-electron chi connectivity index (χ3n) is 10.2. The topological polar surface area (TPSA) is 89.8 Å². The molecule has 3 unspecified atom stereocenters. The van der Waals surface area contributed by atoms with E-state index >= 15 is 0 Å². The average molecular weight is 706 g/mol. The average Bonchev–Trinajstić information content (AvgIpc) is 3.11. The Morgan fingerprint density at radius 1 is 0.500 bits per heavy atom. The molecule has 0 saturated carbocycles. The Morgan fingerprint density at radius 2 is 0.840 bits per heavy atom. The molecule has 0 aliphatic heterocycles. The number of amides is 1. The van der Waals surface area contributed by atoms with Crippen molar-refractivity contribution in [2.45, 2.75) is 250 Å². The molecule has 0 spiro atoms. The van der Waals surface area contributed by atoms with Crippen LogP contribution in [-0.4, -0.2) is 46.1 Å². The molecule has 1 amide bonds. The van der Waals surface area contributed by atoms with Crippen molar-refractivity contribution in [2.24, 2.45) is 0 Å². The molecule has 296 valence electrons. The van der Waals surface area contributed by atoms with Gasteiger partial charge >= 0.3 is 0 Å². The van der Waals surface area contributed by atoms with Gasteiger partial charge in [-0.25, -0.2) is 0 Å². The number of nitrogens with one attached hydrogen (secondary N) is 1. The predicted octanol–water partition coefficient (Wildman–Crippen LogP) is 12.6. The third-order valence-corrected chi connectivity index (χ3v) is 10.2. The Hall–Kier alpha value is -1.17. The van der Waals surface area contributed by atoms with Gasteiger partial charge in [0.2, 0.25) is 5.91 Å². The summed E-state index contributed by atoms with van der Waals surface area (Å²) in [5.74, 6) is -0.318. The molecule has 0 fully saturated rings. The van der Waals surface area contributed by atoms with Crippen molar-refractivity contribution in [1.29, 1.82) is 0 Å².